The summed E-state index contributed by atoms with van der Waals surface area (Å²) in [5.74, 6) is 1.83. The van der Waals surface area contributed by atoms with Gasteiger partial charge in [0.15, 0.2) is 5.65 Å². The second kappa shape index (κ2) is 7.36. The zero-order valence-electron chi connectivity index (χ0n) is 17.0. The van der Waals surface area contributed by atoms with Crippen molar-refractivity contribution in [2.75, 3.05) is 18.0 Å². The van der Waals surface area contributed by atoms with Gasteiger partial charge in [-0.1, -0.05) is 67.1 Å². The SMILES string of the molecule is Cc1ccc(-c2cc3nc(-c4ccccc4)cc(N4CCC[C@H](C)C4)n3n2)cc1. The first-order chi connectivity index (χ1) is 14.2. The van der Waals surface area contributed by atoms with Crippen LogP contribution in [0.4, 0.5) is 5.82 Å². The highest BCUT2D eigenvalue weighted by Crippen LogP contribution is 2.30. The highest BCUT2D eigenvalue weighted by Gasteiger charge is 2.21. The molecule has 0 unspecified atom stereocenters. The van der Waals surface area contributed by atoms with Gasteiger partial charge in [-0.2, -0.15) is 9.61 Å². The van der Waals surface area contributed by atoms with Crippen LogP contribution in [0.2, 0.25) is 0 Å². The fourth-order valence-corrected chi connectivity index (χ4v) is 4.20. The molecule has 2 aromatic heterocycles. The molecule has 3 heterocycles. The highest BCUT2D eigenvalue weighted by molar-refractivity contribution is 5.71. The van der Waals surface area contributed by atoms with Gasteiger partial charge in [0.1, 0.15) is 5.82 Å². The molecule has 0 aliphatic carbocycles. The van der Waals surface area contributed by atoms with Gasteiger partial charge in [-0.15, -0.1) is 0 Å². The van der Waals surface area contributed by atoms with Gasteiger partial charge in [0.25, 0.3) is 0 Å². The van der Waals surface area contributed by atoms with Gasteiger partial charge in [0, 0.05) is 36.3 Å². The van der Waals surface area contributed by atoms with Crippen molar-refractivity contribution < 1.29 is 0 Å². The lowest BCUT2D eigenvalue weighted by Crippen LogP contribution is -2.35. The minimum absolute atomic E-state index is 0.694. The Bertz CT molecular complexity index is 1130. The molecule has 1 atom stereocenters. The van der Waals surface area contributed by atoms with Gasteiger partial charge in [-0.3, -0.25) is 0 Å². The Morgan fingerprint density at radius 3 is 2.41 bits per heavy atom. The van der Waals surface area contributed by atoms with Crippen LogP contribution in [0.1, 0.15) is 25.3 Å². The number of hydrogen-bond donors (Lipinski definition) is 0. The maximum Gasteiger partial charge on any atom is 0.158 e. The van der Waals surface area contributed by atoms with Crippen LogP contribution in [0.3, 0.4) is 0 Å². The quantitative estimate of drug-likeness (QED) is 0.462. The van der Waals surface area contributed by atoms with Crippen LogP contribution in [-0.4, -0.2) is 27.7 Å². The van der Waals surface area contributed by atoms with Gasteiger partial charge in [-0.05, 0) is 25.7 Å². The molecule has 146 valence electrons. The Kier molecular flexibility index (Phi) is 4.55. The summed E-state index contributed by atoms with van der Waals surface area (Å²) in [7, 11) is 0. The second-order valence-corrected chi connectivity index (χ2v) is 8.22. The predicted octanol–water partition coefficient (Wildman–Crippen LogP) is 5.61. The number of piperidine rings is 1. The van der Waals surface area contributed by atoms with E-state index in [1.165, 1.54) is 18.4 Å². The summed E-state index contributed by atoms with van der Waals surface area (Å²) in [6.07, 6.45) is 2.52. The summed E-state index contributed by atoms with van der Waals surface area (Å²) < 4.78 is 2.03. The molecule has 0 amide bonds. The lowest BCUT2D eigenvalue weighted by molar-refractivity contribution is 0.442. The Hall–Kier alpha value is -3.14. The van der Waals surface area contributed by atoms with Crippen LogP contribution in [-0.2, 0) is 0 Å². The first-order valence-corrected chi connectivity index (χ1v) is 10.5. The van der Waals surface area contributed by atoms with Crippen molar-refractivity contribution in [3.8, 4) is 22.5 Å². The molecule has 2 aromatic carbocycles. The summed E-state index contributed by atoms with van der Waals surface area (Å²) >= 11 is 0. The molecule has 0 saturated carbocycles. The van der Waals surface area contributed by atoms with E-state index < -0.39 is 0 Å². The number of aryl methyl sites for hydroxylation is 1. The molecule has 29 heavy (non-hydrogen) atoms. The molecule has 5 rings (SSSR count). The molecule has 1 fully saturated rings. The summed E-state index contributed by atoms with van der Waals surface area (Å²) in [5.41, 5.74) is 6.38. The maximum absolute atomic E-state index is 4.96. The van der Waals surface area contributed by atoms with E-state index in [0.29, 0.717) is 5.92 Å². The van der Waals surface area contributed by atoms with Gasteiger partial charge in [0.2, 0.25) is 0 Å². The van der Waals surface area contributed by atoms with Crippen molar-refractivity contribution in [1.82, 2.24) is 14.6 Å². The Balaban J connectivity index is 1.67. The number of benzene rings is 2. The lowest BCUT2D eigenvalue weighted by Gasteiger charge is -2.32. The van der Waals surface area contributed by atoms with E-state index >= 15 is 0 Å². The van der Waals surface area contributed by atoms with Crippen LogP contribution in [0, 0.1) is 12.8 Å². The Labute approximate surface area is 171 Å². The van der Waals surface area contributed by atoms with Gasteiger partial charge < -0.3 is 4.90 Å². The normalized spacial score (nSPS) is 17.0. The predicted molar refractivity (Wildman–Crippen MR) is 119 cm³/mol. The molecule has 1 aliphatic heterocycles. The lowest BCUT2D eigenvalue weighted by atomic mass is 10.0. The highest BCUT2D eigenvalue weighted by atomic mass is 15.4. The van der Waals surface area contributed by atoms with Crippen LogP contribution in [0.5, 0.6) is 0 Å². The minimum Gasteiger partial charge on any atom is -0.356 e. The van der Waals surface area contributed by atoms with E-state index in [9.17, 15) is 0 Å². The fraction of sp³-hybridized carbons (Fsp3) is 0.280. The van der Waals surface area contributed by atoms with Gasteiger partial charge in [0.05, 0.1) is 11.4 Å². The molecule has 0 spiro atoms. The summed E-state index contributed by atoms with van der Waals surface area (Å²) in [5, 5.41) is 4.96. The van der Waals surface area contributed by atoms with Crippen molar-refractivity contribution in [2.24, 2.45) is 5.92 Å². The first kappa shape index (κ1) is 17.9. The molecule has 0 N–H and O–H groups in total. The average molecular weight is 383 g/mol. The van der Waals surface area contributed by atoms with E-state index in [1.54, 1.807) is 0 Å². The monoisotopic (exact) mass is 382 g/mol. The molecule has 4 aromatic rings. The number of nitrogens with zero attached hydrogens (tertiary/aromatic N) is 4. The van der Waals surface area contributed by atoms with Crippen molar-refractivity contribution in [2.45, 2.75) is 26.7 Å². The Morgan fingerprint density at radius 1 is 0.897 bits per heavy atom. The molecule has 4 heteroatoms. The van der Waals surface area contributed by atoms with Crippen molar-refractivity contribution >= 4 is 11.5 Å². The maximum atomic E-state index is 4.96. The van der Waals surface area contributed by atoms with E-state index in [4.69, 9.17) is 10.1 Å². The van der Waals surface area contributed by atoms with Crippen molar-refractivity contribution in [3.63, 3.8) is 0 Å². The number of rotatable bonds is 3. The van der Waals surface area contributed by atoms with Crippen LogP contribution < -0.4 is 4.90 Å². The largest absolute Gasteiger partial charge is 0.356 e. The molecule has 0 bridgehead atoms. The fourth-order valence-electron chi connectivity index (χ4n) is 4.20. The summed E-state index contributed by atoms with van der Waals surface area (Å²) in [4.78, 5) is 7.43. The zero-order valence-corrected chi connectivity index (χ0v) is 17.0. The third-order valence-corrected chi connectivity index (χ3v) is 5.81. The molecule has 1 saturated heterocycles. The number of aromatic nitrogens is 3. The van der Waals surface area contributed by atoms with Gasteiger partial charge >= 0.3 is 0 Å². The number of hydrogen-bond acceptors (Lipinski definition) is 3. The zero-order chi connectivity index (χ0) is 19.8. The minimum atomic E-state index is 0.694. The second-order valence-electron chi connectivity index (χ2n) is 8.22. The van der Waals surface area contributed by atoms with Crippen molar-refractivity contribution in [3.05, 3.63) is 72.3 Å². The van der Waals surface area contributed by atoms with Gasteiger partial charge in [-0.25, -0.2) is 4.98 Å². The third-order valence-electron chi connectivity index (χ3n) is 5.81. The average Bonchev–Trinajstić information content (AvgIpc) is 3.18. The molecule has 4 nitrogen and oxygen atoms in total. The molecule has 1 aliphatic rings. The van der Waals surface area contributed by atoms with E-state index in [1.807, 2.05) is 10.6 Å². The standard InChI is InChI=1S/C25H26N4/c1-18-10-12-21(13-11-18)23-15-24-26-22(20-8-4-3-5-9-20)16-25(29(24)27-23)28-14-6-7-19(2)17-28/h3-5,8-13,15-16,19H,6-7,14,17H2,1-2H3/t19-/m0/s1. The van der Waals surface area contributed by atoms with Crippen LogP contribution in [0.25, 0.3) is 28.2 Å². The van der Waals surface area contributed by atoms with E-state index in [2.05, 4.69) is 79.4 Å². The molecular weight excluding hydrogens is 356 g/mol. The van der Waals surface area contributed by atoms with Crippen molar-refractivity contribution in [1.29, 1.82) is 0 Å². The van der Waals surface area contributed by atoms with Crippen LogP contribution in [0.15, 0.2) is 66.7 Å². The molecule has 0 radical (unpaired) electrons. The number of fused-ring (bicyclic) bond motifs is 1. The third kappa shape index (κ3) is 3.51. The van der Waals surface area contributed by atoms with E-state index in [0.717, 1.165) is 47.1 Å². The number of anilines is 1. The topological polar surface area (TPSA) is 33.4 Å². The summed E-state index contributed by atoms with van der Waals surface area (Å²) in [6.45, 7) is 6.57. The smallest absolute Gasteiger partial charge is 0.158 e. The molecular formula is C25H26N4. The van der Waals surface area contributed by atoms with E-state index in [-0.39, 0.29) is 0 Å². The Morgan fingerprint density at radius 2 is 1.66 bits per heavy atom. The van der Waals surface area contributed by atoms with Crippen LogP contribution >= 0.6 is 0 Å². The first-order valence-electron chi connectivity index (χ1n) is 10.5. The summed E-state index contributed by atoms with van der Waals surface area (Å²) in [6, 6.07) is 23.3.